The summed E-state index contributed by atoms with van der Waals surface area (Å²) in [4.78, 5) is 10.8. The Morgan fingerprint density at radius 1 is 1.06 bits per heavy atom. The van der Waals surface area contributed by atoms with Gasteiger partial charge < -0.3 is 14.7 Å². The first kappa shape index (κ1) is 23.3. The van der Waals surface area contributed by atoms with Gasteiger partial charge in [0.2, 0.25) is 0 Å². The minimum atomic E-state index is 0.0417. The maximum Gasteiger partial charge on any atom is 0.180 e. The van der Waals surface area contributed by atoms with Crippen LogP contribution in [-0.2, 0) is 19.6 Å². The molecular formula is C24H25ClN8O. The standard InChI is InChI=1S/C20H19ClN6.C4H6N2O/c1-2-5-19-22-18(21)13-27(19)12-14-8-10-15(11-9-14)16-6-3-4-7-17(16)20-23-25-26-24-20;7-2-4-1-5-3-6-4/h3-4,6-11,13H,2,5,12H2,1H3,(H,23,24,25,26);1,3,7H,2H2,(H,5,6). The molecule has 10 heteroatoms. The predicted molar refractivity (Wildman–Crippen MR) is 130 cm³/mol. The largest absolute Gasteiger partial charge is 0.390 e. The zero-order valence-corrected chi connectivity index (χ0v) is 19.4. The van der Waals surface area contributed by atoms with Crippen molar-refractivity contribution in [2.75, 3.05) is 0 Å². The zero-order chi connectivity index (χ0) is 23.8. The Morgan fingerprint density at radius 2 is 1.85 bits per heavy atom. The zero-order valence-electron chi connectivity index (χ0n) is 18.7. The molecule has 2 aromatic carbocycles. The van der Waals surface area contributed by atoms with Crippen LogP contribution in [0, 0.1) is 0 Å². The lowest BCUT2D eigenvalue weighted by molar-refractivity contribution is 0.277. The second-order valence-electron chi connectivity index (χ2n) is 7.59. The quantitative estimate of drug-likeness (QED) is 0.322. The number of aliphatic hydroxyl groups is 1. The average Bonchev–Trinajstić information content (AvgIpc) is 3.64. The van der Waals surface area contributed by atoms with Gasteiger partial charge in [0, 0.05) is 24.7 Å². The molecule has 3 aromatic heterocycles. The first-order valence-corrected chi connectivity index (χ1v) is 11.3. The van der Waals surface area contributed by atoms with Crippen LogP contribution in [0.1, 0.15) is 30.4 Å². The monoisotopic (exact) mass is 476 g/mol. The summed E-state index contributed by atoms with van der Waals surface area (Å²) in [6, 6.07) is 16.6. The predicted octanol–water partition coefficient (Wildman–Crippen LogP) is 4.29. The van der Waals surface area contributed by atoms with Crippen molar-refractivity contribution in [2.24, 2.45) is 0 Å². The molecule has 0 atom stereocenters. The fraction of sp³-hybridized carbons (Fsp3) is 0.208. The third kappa shape index (κ3) is 5.75. The van der Waals surface area contributed by atoms with Crippen LogP contribution in [0.4, 0.5) is 0 Å². The Labute approximate surface area is 201 Å². The van der Waals surface area contributed by atoms with Gasteiger partial charge in [-0.05, 0) is 33.5 Å². The second kappa shape index (κ2) is 11.4. The highest BCUT2D eigenvalue weighted by Gasteiger charge is 2.11. The number of H-pyrrole nitrogens is 2. The van der Waals surface area contributed by atoms with Gasteiger partial charge in [-0.25, -0.2) is 15.1 Å². The minimum absolute atomic E-state index is 0.0417. The highest BCUT2D eigenvalue weighted by atomic mass is 35.5. The van der Waals surface area contributed by atoms with Gasteiger partial charge in [-0.15, -0.1) is 5.10 Å². The number of hydrogen-bond acceptors (Lipinski definition) is 6. The van der Waals surface area contributed by atoms with E-state index in [1.54, 1.807) is 6.20 Å². The number of halogens is 1. The summed E-state index contributed by atoms with van der Waals surface area (Å²) in [5, 5.41) is 23.1. The summed E-state index contributed by atoms with van der Waals surface area (Å²) >= 11 is 6.09. The van der Waals surface area contributed by atoms with Crippen molar-refractivity contribution in [3.8, 4) is 22.5 Å². The molecule has 174 valence electrons. The Bertz CT molecular complexity index is 1280. The summed E-state index contributed by atoms with van der Waals surface area (Å²) in [5.41, 5.74) is 5.12. The number of aryl methyl sites for hydroxylation is 1. The van der Waals surface area contributed by atoms with Gasteiger partial charge in [-0.3, -0.25) is 0 Å². The number of hydrogen-bond donors (Lipinski definition) is 3. The fourth-order valence-electron chi connectivity index (χ4n) is 3.55. The third-order valence-electron chi connectivity index (χ3n) is 5.17. The van der Waals surface area contributed by atoms with E-state index in [0.29, 0.717) is 11.0 Å². The van der Waals surface area contributed by atoms with E-state index in [1.807, 2.05) is 24.4 Å². The van der Waals surface area contributed by atoms with E-state index in [1.165, 1.54) is 11.9 Å². The van der Waals surface area contributed by atoms with Crippen LogP contribution < -0.4 is 0 Å². The molecule has 0 aliphatic heterocycles. The van der Waals surface area contributed by atoms with Crippen molar-refractivity contribution in [1.82, 2.24) is 40.1 Å². The minimum Gasteiger partial charge on any atom is -0.390 e. The van der Waals surface area contributed by atoms with Gasteiger partial charge in [0.25, 0.3) is 0 Å². The van der Waals surface area contributed by atoms with Gasteiger partial charge in [-0.2, -0.15) is 0 Å². The summed E-state index contributed by atoms with van der Waals surface area (Å²) in [6.45, 7) is 2.94. The lowest BCUT2D eigenvalue weighted by atomic mass is 9.98. The highest BCUT2D eigenvalue weighted by molar-refractivity contribution is 6.29. The normalized spacial score (nSPS) is 10.7. The van der Waals surface area contributed by atoms with Gasteiger partial charge in [0.1, 0.15) is 11.0 Å². The number of benzene rings is 2. The molecule has 9 nitrogen and oxygen atoms in total. The van der Waals surface area contributed by atoms with Crippen molar-refractivity contribution in [2.45, 2.75) is 32.9 Å². The third-order valence-corrected chi connectivity index (χ3v) is 5.36. The molecule has 3 N–H and O–H groups in total. The molecule has 0 amide bonds. The number of nitrogens with one attached hydrogen (secondary N) is 2. The number of rotatable bonds is 7. The van der Waals surface area contributed by atoms with Crippen molar-refractivity contribution >= 4 is 11.6 Å². The number of aromatic amines is 2. The molecule has 0 saturated heterocycles. The maximum atomic E-state index is 8.36. The summed E-state index contributed by atoms with van der Waals surface area (Å²) in [6.07, 6.45) is 6.97. The van der Waals surface area contributed by atoms with Crippen molar-refractivity contribution in [1.29, 1.82) is 0 Å². The molecule has 5 aromatic rings. The fourth-order valence-corrected chi connectivity index (χ4v) is 3.77. The molecule has 0 spiro atoms. The van der Waals surface area contributed by atoms with Crippen LogP contribution in [0.3, 0.4) is 0 Å². The Balaban J connectivity index is 0.000000336. The summed E-state index contributed by atoms with van der Waals surface area (Å²) in [7, 11) is 0. The molecule has 0 aliphatic rings. The van der Waals surface area contributed by atoms with Crippen LogP contribution in [0.5, 0.6) is 0 Å². The molecule has 5 rings (SSSR count). The van der Waals surface area contributed by atoms with Gasteiger partial charge in [-0.1, -0.05) is 67.1 Å². The Morgan fingerprint density at radius 3 is 2.47 bits per heavy atom. The van der Waals surface area contributed by atoms with Crippen LogP contribution in [-0.4, -0.2) is 45.2 Å². The van der Waals surface area contributed by atoms with Gasteiger partial charge in [0.15, 0.2) is 5.82 Å². The lowest BCUT2D eigenvalue weighted by Gasteiger charge is -2.10. The van der Waals surface area contributed by atoms with E-state index in [0.717, 1.165) is 47.6 Å². The van der Waals surface area contributed by atoms with Crippen LogP contribution in [0.15, 0.2) is 67.3 Å². The number of tetrazole rings is 1. The molecule has 0 bridgehead atoms. The smallest absolute Gasteiger partial charge is 0.180 e. The molecule has 0 unspecified atom stereocenters. The van der Waals surface area contributed by atoms with Crippen LogP contribution >= 0.6 is 11.6 Å². The topological polar surface area (TPSA) is 121 Å². The van der Waals surface area contributed by atoms with Crippen molar-refractivity contribution in [3.63, 3.8) is 0 Å². The Hall–Kier alpha value is -3.82. The number of nitrogens with zero attached hydrogens (tertiary/aromatic N) is 6. The first-order valence-electron chi connectivity index (χ1n) is 10.9. The van der Waals surface area contributed by atoms with E-state index in [4.69, 9.17) is 16.7 Å². The van der Waals surface area contributed by atoms with Gasteiger partial charge >= 0.3 is 0 Å². The summed E-state index contributed by atoms with van der Waals surface area (Å²) in [5.74, 6) is 1.68. The van der Waals surface area contributed by atoms with E-state index < -0.39 is 0 Å². The van der Waals surface area contributed by atoms with E-state index in [-0.39, 0.29) is 6.61 Å². The van der Waals surface area contributed by atoms with Crippen LogP contribution in [0.25, 0.3) is 22.5 Å². The van der Waals surface area contributed by atoms with Crippen LogP contribution in [0.2, 0.25) is 5.15 Å². The second-order valence-corrected chi connectivity index (χ2v) is 7.97. The Kier molecular flexibility index (Phi) is 7.79. The highest BCUT2D eigenvalue weighted by Crippen LogP contribution is 2.29. The number of aliphatic hydroxyl groups excluding tert-OH is 1. The van der Waals surface area contributed by atoms with Gasteiger partial charge in [0.05, 0.1) is 24.8 Å². The first-order chi connectivity index (χ1) is 16.7. The molecular weight excluding hydrogens is 452 g/mol. The molecule has 34 heavy (non-hydrogen) atoms. The van der Waals surface area contributed by atoms with Crippen molar-refractivity contribution in [3.05, 3.63) is 89.5 Å². The van der Waals surface area contributed by atoms with E-state index in [9.17, 15) is 0 Å². The molecule has 3 heterocycles. The van der Waals surface area contributed by atoms with Crippen molar-refractivity contribution < 1.29 is 5.11 Å². The van der Waals surface area contributed by atoms with E-state index in [2.05, 4.69) is 77.4 Å². The molecule has 0 fully saturated rings. The average molecular weight is 477 g/mol. The molecule has 0 saturated carbocycles. The lowest BCUT2D eigenvalue weighted by Crippen LogP contribution is -2.04. The molecule has 0 radical (unpaired) electrons. The number of imidazole rings is 2. The van der Waals surface area contributed by atoms with E-state index >= 15 is 0 Å². The maximum absolute atomic E-state index is 8.36. The SMILES string of the molecule is CCCc1nc(Cl)cn1Cc1ccc(-c2ccccc2-c2nnn[nH]2)cc1.OCc1cnc[nH]1. The molecule has 0 aliphatic carbocycles. The summed E-state index contributed by atoms with van der Waals surface area (Å²) < 4.78 is 2.12. The number of aromatic nitrogens is 8.